The molecule has 9 nitrogen and oxygen atoms in total. The highest BCUT2D eigenvalue weighted by atomic mass is 35.5. The largest absolute Gasteiger partial charge is 0.478 e. The topological polar surface area (TPSA) is 99.2 Å². The van der Waals surface area contributed by atoms with Crippen LogP contribution >= 0.6 is 11.6 Å². The van der Waals surface area contributed by atoms with Crippen LogP contribution in [0, 0.1) is 5.82 Å². The Morgan fingerprint density at radius 1 is 1.13 bits per heavy atom. The van der Waals surface area contributed by atoms with Gasteiger partial charge in [-0.15, -0.1) is 0 Å². The summed E-state index contributed by atoms with van der Waals surface area (Å²) in [6.07, 6.45) is -2.80. The maximum atomic E-state index is 16.6. The van der Waals surface area contributed by atoms with Crippen LogP contribution in [0.4, 0.5) is 23.2 Å². The Hall–Kier alpha value is -4.39. The number of carbonyl (C=O) groups is 2. The molecule has 1 saturated heterocycles. The predicted molar refractivity (Wildman–Crippen MR) is 167 cm³/mol. The number of ether oxygens (including phenoxy) is 1. The number of benzene rings is 2. The van der Waals surface area contributed by atoms with Crippen LogP contribution < -0.4 is 20.3 Å². The van der Waals surface area contributed by atoms with Crippen LogP contribution in [0.3, 0.4) is 0 Å². The average molecular weight is 661 g/mol. The molecule has 244 valence electrons. The summed E-state index contributed by atoms with van der Waals surface area (Å²) >= 11 is 5.82. The van der Waals surface area contributed by atoms with Crippen molar-refractivity contribution < 1.29 is 31.9 Å². The molecule has 0 saturated carbocycles. The van der Waals surface area contributed by atoms with Crippen molar-refractivity contribution in [2.45, 2.75) is 32.5 Å². The van der Waals surface area contributed by atoms with Gasteiger partial charge in [-0.1, -0.05) is 18.5 Å². The minimum atomic E-state index is -4.78. The van der Waals surface area contributed by atoms with E-state index < -0.39 is 41.0 Å². The number of piperazine rings is 1. The molecule has 0 bridgehead atoms. The van der Waals surface area contributed by atoms with Crippen LogP contribution in [-0.4, -0.2) is 79.5 Å². The van der Waals surface area contributed by atoms with Crippen LogP contribution in [0.25, 0.3) is 11.1 Å². The molecule has 0 unspecified atom stereocenters. The Morgan fingerprint density at radius 3 is 2.63 bits per heavy atom. The number of aromatic nitrogens is 1. The molecule has 1 aromatic heterocycles. The molecule has 2 aliphatic rings. The molecular formula is C32H33ClF4N6O3. The zero-order valence-electron chi connectivity index (χ0n) is 25.3. The molecule has 2 N–H and O–H groups in total. The number of alkyl halides is 3. The molecule has 1 atom stereocenters. The molecule has 2 aliphatic heterocycles. The number of carbonyl (C=O) groups excluding carboxylic acids is 2. The van der Waals surface area contributed by atoms with Crippen molar-refractivity contribution in [1.29, 1.82) is 0 Å². The van der Waals surface area contributed by atoms with Gasteiger partial charge in [-0.25, -0.2) is 9.37 Å². The summed E-state index contributed by atoms with van der Waals surface area (Å²) < 4.78 is 63.6. The fraction of sp³-hybridized carbons (Fsp3) is 0.375. The number of pyridine rings is 1. The zero-order valence-corrected chi connectivity index (χ0v) is 26.0. The molecule has 46 heavy (non-hydrogen) atoms. The Kier molecular flexibility index (Phi) is 10.00. The smallest absolute Gasteiger partial charge is 0.417 e. The zero-order chi connectivity index (χ0) is 33.0. The van der Waals surface area contributed by atoms with E-state index in [4.69, 9.17) is 16.3 Å². The van der Waals surface area contributed by atoms with Crippen molar-refractivity contribution in [3.05, 3.63) is 76.2 Å². The monoisotopic (exact) mass is 660 g/mol. The maximum absolute atomic E-state index is 16.6. The first kappa shape index (κ1) is 33.0. The highest BCUT2D eigenvalue weighted by Gasteiger charge is 2.39. The summed E-state index contributed by atoms with van der Waals surface area (Å²) in [6.45, 7) is 5.45. The lowest BCUT2D eigenvalue weighted by atomic mass is 9.97. The molecule has 0 aliphatic carbocycles. The molecule has 3 aromatic rings. The number of aliphatic imine (C=N–C) groups is 1. The normalized spacial score (nSPS) is 16.6. The van der Waals surface area contributed by atoms with E-state index in [9.17, 15) is 22.8 Å². The van der Waals surface area contributed by atoms with Gasteiger partial charge in [0.1, 0.15) is 11.7 Å². The lowest BCUT2D eigenvalue weighted by molar-refractivity contribution is -0.138. The number of nitrogens with zero attached hydrogens (tertiary/aromatic N) is 4. The lowest BCUT2D eigenvalue weighted by Crippen LogP contribution is -2.55. The van der Waals surface area contributed by atoms with Gasteiger partial charge in [-0.05, 0) is 55.8 Å². The number of amidine groups is 1. The van der Waals surface area contributed by atoms with Gasteiger partial charge in [0.15, 0.2) is 0 Å². The summed E-state index contributed by atoms with van der Waals surface area (Å²) in [6, 6.07) is 9.12. The van der Waals surface area contributed by atoms with Crippen LogP contribution in [0.1, 0.15) is 46.5 Å². The number of amides is 2. The second-order valence-corrected chi connectivity index (χ2v) is 11.2. The number of rotatable bonds is 9. The summed E-state index contributed by atoms with van der Waals surface area (Å²) in [4.78, 5) is 38.8. The Balaban J connectivity index is 1.49. The molecule has 0 spiro atoms. The van der Waals surface area contributed by atoms with E-state index in [-0.39, 0.29) is 48.2 Å². The second-order valence-electron chi connectivity index (χ2n) is 10.7. The van der Waals surface area contributed by atoms with Gasteiger partial charge in [-0.3, -0.25) is 14.6 Å². The fourth-order valence-electron chi connectivity index (χ4n) is 5.71. The van der Waals surface area contributed by atoms with E-state index in [0.29, 0.717) is 43.2 Å². The van der Waals surface area contributed by atoms with Crippen molar-refractivity contribution in [1.82, 2.24) is 20.5 Å². The number of nitrogens with one attached hydrogen (secondary N) is 2. The highest BCUT2D eigenvalue weighted by molar-refractivity contribution is 6.30. The molecule has 0 radical (unpaired) electrons. The van der Waals surface area contributed by atoms with Crippen LogP contribution in [-0.2, 0) is 6.18 Å². The van der Waals surface area contributed by atoms with Crippen molar-refractivity contribution in [3.63, 3.8) is 0 Å². The molecule has 1 fully saturated rings. The first-order chi connectivity index (χ1) is 22.0. The third-order valence-electron chi connectivity index (χ3n) is 7.92. The van der Waals surface area contributed by atoms with Crippen LogP contribution in [0.15, 0.2) is 53.7 Å². The van der Waals surface area contributed by atoms with Gasteiger partial charge in [0.2, 0.25) is 5.88 Å². The SMILES string of the molecule is CCOc1ncccc1-c1ccc(N2CCN(C(=O)c3ccc(Cl)cc3C(F)(F)F)C[C@H]2CC)c(C(=O)NCC2=NCCN2)c1F. The van der Waals surface area contributed by atoms with E-state index in [2.05, 4.69) is 20.6 Å². The average Bonchev–Trinajstić information content (AvgIpc) is 3.57. The standard InChI is InChI=1S/C32H33ClF4N6O3/c1-3-20-18-42(31(45)23-8-7-19(33)16-24(23)32(35,36)37)14-15-43(20)25-10-9-21(22-6-5-11-40-30(22)46-4-2)28(34)27(25)29(44)41-17-26-38-12-13-39-26/h5-11,16,20H,3-4,12-15,17-18H2,1-2H3,(H,38,39)(H,41,44)/t20-/m1/s1. The first-order valence-corrected chi connectivity index (χ1v) is 15.3. The molecule has 3 heterocycles. The first-order valence-electron chi connectivity index (χ1n) is 14.9. The maximum Gasteiger partial charge on any atom is 0.417 e. The molecular weight excluding hydrogens is 628 g/mol. The summed E-state index contributed by atoms with van der Waals surface area (Å²) in [5, 5.41) is 5.69. The minimum Gasteiger partial charge on any atom is -0.478 e. The summed E-state index contributed by atoms with van der Waals surface area (Å²) in [5.41, 5.74) is -1.04. The van der Waals surface area contributed by atoms with Crippen LogP contribution in [0.2, 0.25) is 5.02 Å². The third kappa shape index (κ3) is 6.88. The lowest BCUT2D eigenvalue weighted by Gasteiger charge is -2.43. The number of anilines is 1. The van der Waals surface area contributed by atoms with Gasteiger partial charge >= 0.3 is 6.18 Å². The van der Waals surface area contributed by atoms with Gasteiger partial charge < -0.3 is 25.2 Å². The third-order valence-corrected chi connectivity index (χ3v) is 8.15. The number of halogens is 5. The Labute approximate surface area is 268 Å². The van der Waals surface area contributed by atoms with E-state index in [1.54, 1.807) is 31.2 Å². The van der Waals surface area contributed by atoms with Gasteiger partial charge in [-0.2, -0.15) is 13.2 Å². The van der Waals surface area contributed by atoms with E-state index >= 15 is 4.39 Å². The van der Waals surface area contributed by atoms with Crippen molar-refractivity contribution in [3.8, 4) is 17.0 Å². The van der Waals surface area contributed by atoms with E-state index in [0.717, 1.165) is 12.1 Å². The van der Waals surface area contributed by atoms with Gasteiger partial charge in [0.25, 0.3) is 11.8 Å². The van der Waals surface area contributed by atoms with Gasteiger partial charge in [0.05, 0.1) is 42.1 Å². The summed E-state index contributed by atoms with van der Waals surface area (Å²) in [5.74, 6) is -1.44. The van der Waals surface area contributed by atoms with E-state index in [1.807, 2.05) is 11.8 Å². The Morgan fingerprint density at radius 2 is 1.93 bits per heavy atom. The second kappa shape index (κ2) is 13.9. The fourth-order valence-corrected chi connectivity index (χ4v) is 5.88. The highest BCUT2D eigenvalue weighted by Crippen LogP contribution is 2.38. The Bertz CT molecular complexity index is 1650. The quantitative estimate of drug-likeness (QED) is 0.297. The minimum absolute atomic E-state index is 0.0392. The predicted octanol–water partition coefficient (Wildman–Crippen LogP) is 5.43. The van der Waals surface area contributed by atoms with Crippen LogP contribution in [0.5, 0.6) is 5.88 Å². The molecule has 2 amide bonds. The van der Waals surface area contributed by atoms with Gasteiger partial charge in [0, 0.05) is 54.6 Å². The molecule has 2 aromatic carbocycles. The van der Waals surface area contributed by atoms with Crippen molar-refractivity contribution >= 4 is 34.9 Å². The number of hydrogen-bond donors (Lipinski definition) is 2. The summed E-state index contributed by atoms with van der Waals surface area (Å²) in [7, 11) is 0. The van der Waals surface area contributed by atoms with Crippen molar-refractivity contribution in [2.75, 3.05) is 50.8 Å². The van der Waals surface area contributed by atoms with Crippen molar-refractivity contribution in [2.24, 2.45) is 4.99 Å². The number of hydrogen-bond acceptors (Lipinski definition) is 7. The molecule has 5 rings (SSSR count). The van der Waals surface area contributed by atoms with E-state index in [1.165, 1.54) is 17.2 Å². The molecule has 14 heteroatoms.